The summed E-state index contributed by atoms with van der Waals surface area (Å²) in [4.78, 5) is 10.3. The van der Waals surface area contributed by atoms with Gasteiger partial charge in [-0.15, -0.1) is 11.3 Å². The average Bonchev–Trinajstić information content (AvgIpc) is 3.09. The maximum atomic E-state index is 6.27. The fourth-order valence-electron chi connectivity index (χ4n) is 2.74. The van der Waals surface area contributed by atoms with Gasteiger partial charge in [0.25, 0.3) is 0 Å². The van der Waals surface area contributed by atoms with Crippen LogP contribution in [0.3, 0.4) is 0 Å². The number of rotatable bonds is 5. The van der Waals surface area contributed by atoms with E-state index in [9.17, 15) is 0 Å². The van der Waals surface area contributed by atoms with Gasteiger partial charge in [-0.25, -0.2) is 9.97 Å². The van der Waals surface area contributed by atoms with Crippen LogP contribution in [-0.4, -0.2) is 16.5 Å². The Morgan fingerprint density at radius 1 is 0.923 bits per heavy atom. The predicted octanol–water partition coefficient (Wildman–Crippen LogP) is 6.32. The van der Waals surface area contributed by atoms with E-state index in [0.29, 0.717) is 10.8 Å². The number of fused-ring (bicyclic) bond motifs is 1. The molecule has 0 saturated carbocycles. The van der Waals surface area contributed by atoms with Crippen molar-refractivity contribution in [1.82, 2.24) is 9.97 Å². The summed E-state index contributed by atoms with van der Waals surface area (Å²) in [6.45, 7) is 0.764. The molecule has 26 heavy (non-hydrogen) atoms. The van der Waals surface area contributed by atoms with Crippen LogP contribution < -0.4 is 5.32 Å². The molecule has 3 nitrogen and oxygen atoms in total. The summed E-state index contributed by atoms with van der Waals surface area (Å²) in [6.07, 6.45) is 0.880. The van der Waals surface area contributed by atoms with Gasteiger partial charge in [-0.2, -0.15) is 0 Å². The smallest absolute Gasteiger partial charge is 0.173 e. The van der Waals surface area contributed by atoms with Crippen LogP contribution in [0.5, 0.6) is 0 Å². The van der Waals surface area contributed by atoms with Crippen LogP contribution in [-0.2, 0) is 6.42 Å². The Bertz CT molecular complexity index is 1040. The zero-order chi connectivity index (χ0) is 17.9. The Balaban J connectivity index is 1.62. The van der Waals surface area contributed by atoms with E-state index in [1.165, 1.54) is 5.56 Å². The molecule has 0 aliphatic rings. The second kappa shape index (κ2) is 7.62. The minimum atomic E-state index is 0.651. The van der Waals surface area contributed by atoms with Crippen molar-refractivity contribution in [3.8, 4) is 10.7 Å². The number of hydrogen-bond acceptors (Lipinski definition) is 4. The van der Waals surface area contributed by atoms with Gasteiger partial charge in [0, 0.05) is 17.0 Å². The fraction of sp³-hybridized carbons (Fsp3) is 0.100. The molecular formula is C20H15Cl2N3S. The molecule has 4 rings (SSSR count). The third-order valence-electron chi connectivity index (χ3n) is 4.04. The maximum absolute atomic E-state index is 6.27. The first-order valence-electron chi connectivity index (χ1n) is 8.19. The molecule has 6 heteroatoms. The summed E-state index contributed by atoms with van der Waals surface area (Å²) < 4.78 is 0. The van der Waals surface area contributed by atoms with Gasteiger partial charge in [-0.3, -0.25) is 0 Å². The molecule has 0 bridgehead atoms. The Morgan fingerprint density at radius 2 is 1.73 bits per heavy atom. The zero-order valence-corrected chi connectivity index (χ0v) is 16.1. The van der Waals surface area contributed by atoms with Gasteiger partial charge in [-0.1, -0.05) is 47.5 Å². The molecule has 0 atom stereocenters. The Labute approximate surface area is 165 Å². The van der Waals surface area contributed by atoms with Crippen LogP contribution in [0.2, 0.25) is 10.0 Å². The van der Waals surface area contributed by atoms with Gasteiger partial charge in [0.1, 0.15) is 5.82 Å². The second-order valence-electron chi connectivity index (χ2n) is 5.81. The summed E-state index contributed by atoms with van der Waals surface area (Å²) in [5.74, 6) is 1.47. The fourth-order valence-corrected chi connectivity index (χ4v) is 3.94. The van der Waals surface area contributed by atoms with Crippen LogP contribution in [0.1, 0.15) is 5.56 Å². The first kappa shape index (κ1) is 17.3. The highest BCUT2D eigenvalue weighted by atomic mass is 35.5. The summed E-state index contributed by atoms with van der Waals surface area (Å²) >= 11 is 13.8. The van der Waals surface area contributed by atoms with Crippen LogP contribution in [0.25, 0.3) is 21.6 Å². The van der Waals surface area contributed by atoms with Crippen LogP contribution in [0, 0.1) is 0 Å². The summed E-state index contributed by atoms with van der Waals surface area (Å²) in [5.41, 5.74) is 2.12. The molecule has 130 valence electrons. The molecule has 0 amide bonds. The van der Waals surface area contributed by atoms with E-state index in [1.54, 1.807) is 11.3 Å². The lowest BCUT2D eigenvalue weighted by Gasteiger charge is -2.11. The maximum Gasteiger partial charge on any atom is 0.173 e. The summed E-state index contributed by atoms with van der Waals surface area (Å²) in [5, 5.41) is 7.83. The van der Waals surface area contributed by atoms with Crippen molar-refractivity contribution in [2.45, 2.75) is 6.42 Å². The topological polar surface area (TPSA) is 37.8 Å². The molecule has 1 N–H and O–H groups in total. The van der Waals surface area contributed by atoms with E-state index in [2.05, 4.69) is 10.3 Å². The highest BCUT2D eigenvalue weighted by Gasteiger charge is 2.12. The van der Waals surface area contributed by atoms with E-state index >= 15 is 0 Å². The van der Waals surface area contributed by atoms with Crippen molar-refractivity contribution in [2.24, 2.45) is 0 Å². The molecule has 0 radical (unpaired) electrons. The predicted molar refractivity (Wildman–Crippen MR) is 112 cm³/mol. The minimum Gasteiger partial charge on any atom is -0.369 e. The van der Waals surface area contributed by atoms with Gasteiger partial charge in [-0.05, 0) is 47.7 Å². The third kappa shape index (κ3) is 3.68. The van der Waals surface area contributed by atoms with Crippen LogP contribution in [0.4, 0.5) is 5.82 Å². The number of para-hydroxylation sites is 1. The van der Waals surface area contributed by atoms with Crippen molar-refractivity contribution < 1.29 is 0 Å². The molecule has 0 aliphatic heterocycles. The lowest BCUT2D eigenvalue weighted by Crippen LogP contribution is -2.08. The SMILES string of the molecule is Clc1ccc(CCNc2nc(-c3sccc3Cl)nc3ccccc23)cc1. The van der Waals surface area contributed by atoms with Gasteiger partial charge < -0.3 is 5.32 Å². The number of benzene rings is 2. The Kier molecular flexibility index (Phi) is 5.07. The largest absolute Gasteiger partial charge is 0.369 e. The number of nitrogens with zero attached hydrogens (tertiary/aromatic N) is 2. The highest BCUT2D eigenvalue weighted by Crippen LogP contribution is 2.33. The monoisotopic (exact) mass is 399 g/mol. The molecule has 2 heterocycles. The van der Waals surface area contributed by atoms with E-state index in [1.807, 2.05) is 60.0 Å². The van der Waals surface area contributed by atoms with Crippen LogP contribution >= 0.6 is 34.5 Å². The van der Waals surface area contributed by atoms with E-state index in [-0.39, 0.29) is 0 Å². The van der Waals surface area contributed by atoms with E-state index in [4.69, 9.17) is 28.2 Å². The number of aromatic nitrogens is 2. The highest BCUT2D eigenvalue weighted by molar-refractivity contribution is 7.14. The molecule has 2 aromatic heterocycles. The van der Waals surface area contributed by atoms with Crippen LogP contribution in [0.15, 0.2) is 60.0 Å². The number of nitrogens with one attached hydrogen (secondary N) is 1. The number of halogens is 2. The van der Waals surface area contributed by atoms with Crippen molar-refractivity contribution in [2.75, 3.05) is 11.9 Å². The second-order valence-corrected chi connectivity index (χ2v) is 7.57. The van der Waals surface area contributed by atoms with Crippen molar-refractivity contribution in [3.63, 3.8) is 0 Å². The molecular weight excluding hydrogens is 385 g/mol. The molecule has 2 aromatic carbocycles. The minimum absolute atomic E-state index is 0.651. The van der Waals surface area contributed by atoms with Crippen molar-refractivity contribution >= 4 is 51.3 Å². The molecule has 0 spiro atoms. The third-order valence-corrected chi connectivity index (χ3v) is 5.63. The first-order valence-corrected chi connectivity index (χ1v) is 9.83. The van der Waals surface area contributed by atoms with Gasteiger partial charge >= 0.3 is 0 Å². The molecule has 0 fully saturated rings. The quantitative estimate of drug-likeness (QED) is 0.426. The van der Waals surface area contributed by atoms with Gasteiger partial charge in [0.15, 0.2) is 5.82 Å². The summed E-state index contributed by atoms with van der Waals surface area (Å²) in [7, 11) is 0. The molecule has 0 saturated heterocycles. The lowest BCUT2D eigenvalue weighted by atomic mass is 10.1. The average molecular weight is 400 g/mol. The standard InChI is InChI=1S/C20H15Cl2N3S/c21-14-7-5-13(6-8-14)9-11-23-19-15-3-1-2-4-17(15)24-20(25-19)18-16(22)10-12-26-18/h1-8,10,12H,9,11H2,(H,23,24,25). The van der Waals surface area contributed by atoms with Crippen molar-refractivity contribution in [1.29, 1.82) is 0 Å². The van der Waals surface area contributed by atoms with Crippen molar-refractivity contribution in [3.05, 3.63) is 75.6 Å². The van der Waals surface area contributed by atoms with E-state index in [0.717, 1.165) is 39.6 Å². The molecule has 4 aromatic rings. The Hall–Kier alpha value is -2.14. The van der Waals surface area contributed by atoms with Gasteiger partial charge in [0.2, 0.25) is 0 Å². The van der Waals surface area contributed by atoms with E-state index < -0.39 is 0 Å². The first-order chi connectivity index (χ1) is 12.7. The zero-order valence-electron chi connectivity index (χ0n) is 13.7. The Morgan fingerprint density at radius 3 is 2.50 bits per heavy atom. The molecule has 0 aliphatic carbocycles. The number of thiophene rings is 1. The molecule has 0 unspecified atom stereocenters. The number of anilines is 1. The lowest BCUT2D eigenvalue weighted by molar-refractivity contribution is 1.01. The summed E-state index contributed by atoms with van der Waals surface area (Å²) in [6, 6.07) is 17.8. The van der Waals surface area contributed by atoms with Gasteiger partial charge in [0.05, 0.1) is 15.4 Å². The normalized spacial score (nSPS) is 11.0. The number of hydrogen-bond donors (Lipinski definition) is 1.